The minimum Gasteiger partial charge on any atom is -0.396 e. The van der Waals surface area contributed by atoms with Crippen molar-refractivity contribution in [3.05, 3.63) is 12.2 Å². The molecule has 5 saturated heterocycles. The molecule has 10 aliphatic rings. The first-order chi connectivity index (χ1) is 36.2. The molecule has 5 heterocycles. The minimum absolute atomic E-state index is 0.0140. The van der Waals surface area contributed by atoms with Crippen LogP contribution < -0.4 is 0 Å². The highest BCUT2D eigenvalue weighted by molar-refractivity contribution is 5.36. The molecule has 0 aromatic carbocycles. The van der Waals surface area contributed by atoms with Crippen molar-refractivity contribution in [3.63, 3.8) is 0 Å². The van der Waals surface area contributed by atoms with Crippen molar-refractivity contribution in [2.24, 2.45) is 50.2 Å². The van der Waals surface area contributed by atoms with Crippen molar-refractivity contribution < 1.29 is 114 Å². The normalized spacial score (nSPS) is 58.1. The summed E-state index contributed by atoms with van der Waals surface area (Å²) in [6, 6.07) is 0. The molecule has 31 unspecified atom stereocenters. The van der Waals surface area contributed by atoms with Crippen molar-refractivity contribution in [2.75, 3.05) is 33.0 Å². The molecule has 0 aromatic heterocycles. The summed E-state index contributed by atoms with van der Waals surface area (Å²) in [5, 5.41) is 154. The van der Waals surface area contributed by atoms with Gasteiger partial charge in [0.05, 0.1) is 56.9 Å². The Bertz CT molecular complexity index is 2120. The predicted octanol–water partition coefficient (Wildman–Crippen LogP) is -2.57. The lowest BCUT2D eigenvalue weighted by Crippen LogP contribution is -2.72. The fraction of sp³-hybridized carbons (Fsp3) is 0.963. The molecular weight excluding hydrogens is 1020 g/mol. The predicted molar refractivity (Wildman–Crippen MR) is 262 cm³/mol. The molecule has 2 bridgehead atoms. The molecule has 10 rings (SSSR count). The lowest BCUT2D eigenvalue weighted by molar-refractivity contribution is -0.403. The van der Waals surface area contributed by atoms with Crippen LogP contribution in [0, 0.1) is 50.2 Å². The monoisotopic (exact) mass is 1100 g/mol. The summed E-state index contributed by atoms with van der Waals surface area (Å²) in [7, 11) is 0. The van der Waals surface area contributed by atoms with Crippen LogP contribution in [-0.4, -0.2) is 245 Å². The van der Waals surface area contributed by atoms with Gasteiger partial charge >= 0.3 is 0 Å². The van der Waals surface area contributed by atoms with Gasteiger partial charge < -0.3 is 114 Å². The third-order valence-electron chi connectivity index (χ3n) is 22.2. The van der Waals surface area contributed by atoms with E-state index in [1.807, 2.05) is 6.92 Å². The zero-order chi connectivity index (χ0) is 55.9. The van der Waals surface area contributed by atoms with E-state index >= 15 is 0 Å². The van der Waals surface area contributed by atoms with Gasteiger partial charge in [0.15, 0.2) is 25.2 Å². The van der Waals surface area contributed by atoms with Crippen molar-refractivity contribution in [3.8, 4) is 0 Å². The van der Waals surface area contributed by atoms with E-state index in [-0.39, 0.29) is 40.6 Å². The maximum absolute atomic E-state index is 12.3. The summed E-state index contributed by atoms with van der Waals surface area (Å²) >= 11 is 0. The summed E-state index contributed by atoms with van der Waals surface area (Å²) in [5.74, 6) is 0.0283. The van der Waals surface area contributed by atoms with Gasteiger partial charge in [0.1, 0.15) is 91.6 Å². The quantitative estimate of drug-likeness (QED) is 0.0705. The van der Waals surface area contributed by atoms with Crippen LogP contribution in [-0.2, 0) is 42.6 Å². The van der Waals surface area contributed by atoms with Gasteiger partial charge in [-0.05, 0) is 86.4 Å². The summed E-state index contributed by atoms with van der Waals surface area (Å²) in [6.07, 6.45) is -25.1. The average molecular weight is 1110 g/mol. The number of rotatable bonds is 12. The smallest absolute Gasteiger partial charge is 0.187 e. The van der Waals surface area contributed by atoms with Gasteiger partial charge in [0.2, 0.25) is 0 Å². The van der Waals surface area contributed by atoms with Crippen molar-refractivity contribution >= 4 is 0 Å². The molecule has 4 saturated carbocycles. The SMILES string of the molecule is CC1OC(OC2CCC3(C)C(CCC4(C)C3C=CC35OCC6(CCC(C)(C)CC63)C(O)CC45C)C2(C)CO)C(OC2OC(CO)C(O)C(O)C2O)C(OC2OC(CO)C(OC3OC(CO)C(O)C(O)C3O)C(O)C2O)C1O. The molecule has 9 fully saturated rings. The fourth-order valence-electron chi connectivity index (χ4n) is 17.2. The van der Waals surface area contributed by atoms with Crippen molar-refractivity contribution in [1.29, 1.82) is 0 Å². The molecule has 0 aromatic rings. The topological polar surface area (TPSA) is 366 Å². The van der Waals surface area contributed by atoms with Gasteiger partial charge in [-0.15, -0.1) is 0 Å². The van der Waals surface area contributed by atoms with Crippen LogP contribution in [0.5, 0.6) is 0 Å². The van der Waals surface area contributed by atoms with Crippen LogP contribution in [0.2, 0.25) is 0 Å². The molecule has 442 valence electrons. The molecule has 77 heavy (non-hydrogen) atoms. The Morgan fingerprint density at radius 2 is 1.08 bits per heavy atom. The number of aliphatic hydroxyl groups is 14. The maximum Gasteiger partial charge on any atom is 0.187 e. The van der Waals surface area contributed by atoms with Gasteiger partial charge in [-0.25, -0.2) is 0 Å². The lowest BCUT2D eigenvalue weighted by Gasteiger charge is -2.73. The molecule has 1 spiro atoms. The van der Waals surface area contributed by atoms with E-state index in [0.717, 1.165) is 25.7 Å². The Balaban J connectivity index is 0.934. The highest BCUT2D eigenvalue weighted by atomic mass is 16.8. The first-order valence-electron chi connectivity index (χ1n) is 28.0. The zero-order valence-corrected chi connectivity index (χ0v) is 45.2. The minimum atomic E-state index is -2.06. The molecule has 0 amide bonds. The number of fused-ring (bicyclic) bond motifs is 4. The Morgan fingerprint density at radius 1 is 0.519 bits per heavy atom. The standard InChI is InChI=1S/C54H88O23/c1-23-32(60)42(76-46-40(68)37(65)41(26(20-57)73-46)75-44-38(66)35(63)33(61)24(18-55)71-44)43(77-45-39(67)36(64)34(62)25(19-56)72-45)47(70-23)74-31-10-11-49(4)27(50(31,5)21-58)8-12-51(6)28(49)9-13-54-29-16-48(2,3)14-15-53(29,22-69-54)30(59)17-52(51,54)7/h9,13,23-47,55-68H,8,10-12,14-22H2,1-7H3. The van der Waals surface area contributed by atoms with Crippen LogP contribution in [0.15, 0.2) is 12.2 Å². The van der Waals surface area contributed by atoms with Crippen LogP contribution in [0.4, 0.5) is 0 Å². The fourth-order valence-corrected chi connectivity index (χ4v) is 17.2. The van der Waals surface area contributed by atoms with E-state index in [9.17, 15) is 71.5 Å². The molecular formula is C54H88O23. The van der Waals surface area contributed by atoms with E-state index in [4.69, 9.17) is 42.6 Å². The maximum atomic E-state index is 12.3. The first-order valence-corrected chi connectivity index (χ1v) is 28.0. The van der Waals surface area contributed by atoms with E-state index in [2.05, 4.69) is 46.8 Å². The summed E-state index contributed by atoms with van der Waals surface area (Å²) < 4.78 is 56.2. The highest BCUT2D eigenvalue weighted by Gasteiger charge is 2.79. The number of ether oxygens (including phenoxy) is 9. The third kappa shape index (κ3) is 8.84. The van der Waals surface area contributed by atoms with Gasteiger partial charge in [-0.2, -0.15) is 0 Å². The molecule has 5 aliphatic carbocycles. The Kier molecular flexibility index (Phi) is 16.0. The highest BCUT2D eigenvalue weighted by Crippen LogP contribution is 2.79. The molecule has 31 atom stereocenters. The lowest BCUT2D eigenvalue weighted by atomic mass is 9.32. The summed E-state index contributed by atoms with van der Waals surface area (Å²) in [4.78, 5) is 0. The molecule has 5 aliphatic heterocycles. The molecule has 23 nitrogen and oxygen atoms in total. The zero-order valence-electron chi connectivity index (χ0n) is 45.2. The number of aliphatic hydroxyl groups excluding tert-OH is 14. The van der Waals surface area contributed by atoms with Crippen LogP contribution >= 0.6 is 0 Å². The Labute approximate surface area is 448 Å². The summed E-state index contributed by atoms with van der Waals surface area (Å²) in [6.45, 7) is 12.9. The largest absolute Gasteiger partial charge is 0.396 e. The van der Waals surface area contributed by atoms with Crippen molar-refractivity contribution in [2.45, 2.75) is 240 Å². The molecule has 14 N–H and O–H groups in total. The number of hydrogen-bond acceptors (Lipinski definition) is 23. The first kappa shape index (κ1) is 59.0. The Morgan fingerprint density at radius 3 is 1.66 bits per heavy atom. The van der Waals surface area contributed by atoms with Crippen molar-refractivity contribution in [1.82, 2.24) is 0 Å². The van der Waals surface area contributed by atoms with Crippen LogP contribution in [0.1, 0.15) is 99.8 Å². The van der Waals surface area contributed by atoms with Gasteiger partial charge in [-0.1, -0.05) is 53.7 Å². The second-order valence-electron chi connectivity index (χ2n) is 26.6. The third-order valence-corrected chi connectivity index (χ3v) is 22.2. The van der Waals surface area contributed by atoms with Gasteiger partial charge in [0, 0.05) is 22.2 Å². The summed E-state index contributed by atoms with van der Waals surface area (Å²) in [5.41, 5.74) is -2.83. The van der Waals surface area contributed by atoms with Crippen LogP contribution in [0.25, 0.3) is 0 Å². The average Bonchev–Trinajstić information content (AvgIpc) is 3.34. The van der Waals surface area contributed by atoms with E-state index in [1.54, 1.807) is 0 Å². The number of allylic oxidation sites excluding steroid dienone is 1. The molecule has 0 radical (unpaired) electrons. The van der Waals surface area contributed by atoms with Gasteiger partial charge in [-0.3, -0.25) is 0 Å². The van der Waals surface area contributed by atoms with Gasteiger partial charge in [0.25, 0.3) is 0 Å². The second kappa shape index (κ2) is 20.9. The van der Waals surface area contributed by atoms with Crippen LogP contribution in [0.3, 0.4) is 0 Å². The van der Waals surface area contributed by atoms with E-state index < -0.39 is 177 Å². The van der Waals surface area contributed by atoms with E-state index in [0.29, 0.717) is 32.3 Å². The van der Waals surface area contributed by atoms with E-state index in [1.165, 1.54) is 6.92 Å². The molecule has 23 heteroatoms. The number of hydrogen-bond donors (Lipinski definition) is 14. The second-order valence-corrected chi connectivity index (χ2v) is 26.6. The Hall–Kier alpha value is -1.18.